The van der Waals surface area contributed by atoms with E-state index in [-0.39, 0.29) is 12.0 Å². The summed E-state index contributed by atoms with van der Waals surface area (Å²) in [5.74, 6) is 0.279. The lowest BCUT2D eigenvalue weighted by Gasteiger charge is -2.20. The molecule has 3 atom stereocenters. The molecule has 2 nitrogen and oxygen atoms in total. The fraction of sp³-hybridized carbons (Fsp3) is 0.909. The number of hydrogen-bond acceptors (Lipinski definition) is 2. The first-order chi connectivity index (χ1) is 7.26. The van der Waals surface area contributed by atoms with Crippen molar-refractivity contribution in [2.24, 2.45) is 5.92 Å². The number of hydrogen-bond donors (Lipinski definition) is 0. The van der Waals surface area contributed by atoms with E-state index >= 15 is 0 Å². The molecule has 1 aliphatic carbocycles. The van der Waals surface area contributed by atoms with Crippen LogP contribution < -0.4 is 0 Å². The van der Waals surface area contributed by atoms with Crippen LogP contribution in [0.2, 0.25) is 0 Å². The van der Waals surface area contributed by atoms with Crippen LogP contribution in [0.1, 0.15) is 38.5 Å². The minimum Gasteiger partial charge on any atom is -0.343 e. The van der Waals surface area contributed by atoms with Gasteiger partial charge in [-0.25, -0.2) is 8.78 Å². The summed E-state index contributed by atoms with van der Waals surface area (Å²) < 4.78 is 29.6. The van der Waals surface area contributed by atoms with Crippen molar-refractivity contribution >= 4 is 6.29 Å². The van der Waals surface area contributed by atoms with Crippen LogP contribution in [0.3, 0.4) is 0 Å². The van der Waals surface area contributed by atoms with Gasteiger partial charge in [-0.15, -0.1) is 0 Å². The summed E-state index contributed by atoms with van der Waals surface area (Å²) in [5, 5.41) is 0. The third kappa shape index (κ3) is 4.69. The first-order valence-electron chi connectivity index (χ1n) is 5.55. The quantitative estimate of drug-likeness (QED) is 0.526. The zero-order valence-corrected chi connectivity index (χ0v) is 8.83. The van der Waals surface area contributed by atoms with Gasteiger partial charge in [-0.3, -0.25) is 0 Å². The molecule has 0 spiro atoms. The Morgan fingerprint density at radius 2 is 2.13 bits per heavy atom. The molecular weight excluding hydrogens is 202 g/mol. The Morgan fingerprint density at radius 3 is 2.80 bits per heavy atom. The van der Waals surface area contributed by atoms with Crippen molar-refractivity contribution in [3.05, 3.63) is 0 Å². The maximum absolute atomic E-state index is 12.7. The first kappa shape index (κ1) is 12.6. The Hall–Kier alpha value is -0.510. The van der Waals surface area contributed by atoms with Gasteiger partial charge < -0.3 is 9.53 Å². The van der Waals surface area contributed by atoms with Crippen molar-refractivity contribution in [1.29, 1.82) is 0 Å². The molecule has 1 saturated carbocycles. The van der Waals surface area contributed by atoms with Crippen LogP contribution in [0.25, 0.3) is 0 Å². The summed E-state index contributed by atoms with van der Waals surface area (Å²) in [6.45, 7) is -1.09. The predicted octanol–water partition coefficient (Wildman–Crippen LogP) is 2.81. The van der Waals surface area contributed by atoms with E-state index in [0.29, 0.717) is 12.8 Å². The summed E-state index contributed by atoms with van der Waals surface area (Å²) >= 11 is 0. The van der Waals surface area contributed by atoms with Gasteiger partial charge in [0.25, 0.3) is 0 Å². The van der Waals surface area contributed by atoms with Gasteiger partial charge in [0.15, 0.2) is 0 Å². The third-order valence-corrected chi connectivity index (χ3v) is 2.88. The molecule has 1 aliphatic rings. The zero-order valence-electron chi connectivity index (χ0n) is 8.83. The van der Waals surface area contributed by atoms with Crippen LogP contribution in [0.15, 0.2) is 0 Å². The van der Waals surface area contributed by atoms with Gasteiger partial charge in [-0.05, 0) is 25.2 Å². The highest BCUT2D eigenvalue weighted by atomic mass is 19.2. The van der Waals surface area contributed by atoms with Gasteiger partial charge in [0.1, 0.15) is 13.0 Å². The molecular formula is C11H18F2O2. The molecule has 1 rings (SSSR count). The molecule has 0 N–H and O–H groups in total. The zero-order chi connectivity index (χ0) is 11.1. The average molecular weight is 220 g/mol. The maximum Gasteiger partial charge on any atom is 0.227 e. The molecule has 15 heavy (non-hydrogen) atoms. The Morgan fingerprint density at radius 1 is 1.40 bits per heavy atom. The number of aldehydes is 1. The van der Waals surface area contributed by atoms with Crippen LogP contribution in [-0.2, 0) is 9.53 Å². The lowest BCUT2D eigenvalue weighted by atomic mass is 9.96. The van der Waals surface area contributed by atoms with Crippen LogP contribution in [-0.4, -0.2) is 25.4 Å². The molecule has 0 aromatic rings. The van der Waals surface area contributed by atoms with E-state index in [9.17, 15) is 13.6 Å². The van der Waals surface area contributed by atoms with E-state index < -0.39 is 13.0 Å². The smallest absolute Gasteiger partial charge is 0.227 e. The number of carbonyl (C=O) groups is 1. The first-order valence-corrected chi connectivity index (χ1v) is 5.55. The van der Waals surface area contributed by atoms with E-state index in [4.69, 9.17) is 4.74 Å². The van der Waals surface area contributed by atoms with Crippen molar-refractivity contribution in [1.82, 2.24) is 0 Å². The SMILES string of the molecule is O=CCC1CCCCC(OC(F)CF)C1. The van der Waals surface area contributed by atoms with Gasteiger partial charge in [-0.1, -0.05) is 12.8 Å². The van der Waals surface area contributed by atoms with Crippen molar-refractivity contribution in [2.75, 3.05) is 6.67 Å². The van der Waals surface area contributed by atoms with E-state index in [1.807, 2.05) is 0 Å². The van der Waals surface area contributed by atoms with Gasteiger partial charge in [0.05, 0.1) is 6.10 Å². The minimum absolute atomic E-state index is 0.219. The number of rotatable bonds is 5. The molecule has 3 unspecified atom stereocenters. The summed E-state index contributed by atoms with van der Waals surface area (Å²) in [5.41, 5.74) is 0. The average Bonchev–Trinajstić information content (AvgIpc) is 2.44. The number of ether oxygens (including phenoxy) is 1. The van der Waals surface area contributed by atoms with Gasteiger partial charge in [-0.2, -0.15) is 0 Å². The van der Waals surface area contributed by atoms with Crippen LogP contribution in [0, 0.1) is 5.92 Å². The highest BCUT2D eigenvalue weighted by molar-refractivity contribution is 5.49. The predicted molar refractivity (Wildman–Crippen MR) is 53.0 cm³/mol. The monoisotopic (exact) mass is 220 g/mol. The van der Waals surface area contributed by atoms with E-state index in [1.165, 1.54) is 0 Å². The van der Waals surface area contributed by atoms with E-state index in [2.05, 4.69) is 0 Å². The van der Waals surface area contributed by atoms with Crippen LogP contribution in [0.5, 0.6) is 0 Å². The Bertz CT molecular complexity index is 187. The van der Waals surface area contributed by atoms with Crippen molar-refractivity contribution in [3.8, 4) is 0 Å². The van der Waals surface area contributed by atoms with Gasteiger partial charge >= 0.3 is 0 Å². The summed E-state index contributed by atoms with van der Waals surface area (Å²) in [6.07, 6.45) is 3.85. The van der Waals surface area contributed by atoms with Gasteiger partial charge in [0, 0.05) is 6.42 Å². The van der Waals surface area contributed by atoms with Crippen molar-refractivity contribution in [2.45, 2.75) is 51.0 Å². The summed E-state index contributed by atoms with van der Waals surface area (Å²) in [4.78, 5) is 10.4. The Labute approximate surface area is 89.0 Å². The molecule has 1 fully saturated rings. The molecule has 0 aliphatic heterocycles. The van der Waals surface area contributed by atoms with Crippen LogP contribution >= 0.6 is 0 Å². The Balaban J connectivity index is 2.38. The standard InChI is InChI=1S/C11H18F2O2/c12-8-11(13)15-10-4-2-1-3-9(7-10)5-6-14/h6,9-11H,1-5,7-8H2. The summed E-state index contributed by atoms with van der Waals surface area (Å²) in [6, 6.07) is 0. The molecule has 0 saturated heterocycles. The lowest BCUT2D eigenvalue weighted by molar-refractivity contribution is -0.111. The highest BCUT2D eigenvalue weighted by Crippen LogP contribution is 2.27. The highest BCUT2D eigenvalue weighted by Gasteiger charge is 2.23. The fourth-order valence-corrected chi connectivity index (χ4v) is 2.13. The normalized spacial score (nSPS) is 29.5. The molecule has 0 heterocycles. The summed E-state index contributed by atoms with van der Waals surface area (Å²) in [7, 11) is 0. The van der Waals surface area contributed by atoms with E-state index in [1.54, 1.807) is 0 Å². The lowest BCUT2D eigenvalue weighted by Crippen LogP contribution is -2.22. The second-order valence-corrected chi connectivity index (χ2v) is 4.11. The topological polar surface area (TPSA) is 26.3 Å². The van der Waals surface area contributed by atoms with E-state index in [0.717, 1.165) is 32.0 Å². The van der Waals surface area contributed by atoms with Gasteiger partial charge in [0.2, 0.25) is 6.36 Å². The second-order valence-electron chi connectivity index (χ2n) is 4.11. The fourth-order valence-electron chi connectivity index (χ4n) is 2.13. The molecule has 0 radical (unpaired) electrons. The maximum atomic E-state index is 12.7. The van der Waals surface area contributed by atoms with Crippen molar-refractivity contribution < 1.29 is 18.3 Å². The minimum atomic E-state index is -1.80. The molecule has 4 heteroatoms. The van der Waals surface area contributed by atoms with Crippen LogP contribution in [0.4, 0.5) is 8.78 Å². The third-order valence-electron chi connectivity index (χ3n) is 2.88. The molecule has 0 aromatic heterocycles. The molecule has 0 aromatic carbocycles. The second kappa shape index (κ2) is 6.88. The largest absolute Gasteiger partial charge is 0.343 e. The molecule has 88 valence electrons. The molecule has 0 bridgehead atoms. The van der Waals surface area contributed by atoms with Crippen molar-refractivity contribution in [3.63, 3.8) is 0 Å². The Kier molecular flexibility index (Phi) is 5.76. The number of alkyl halides is 2. The number of carbonyl (C=O) groups excluding carboxylic acids is 1. The number of halogens is 2. The molecule has 0 amide bonds.